The quantitative estimate of drug-likeness (QED) is 0.768. The lowest BCUT2D eigenvalue weighted by Gasteiger charge is -2.18. The van der Waals surface area contributed by atoms with E-state index in [2.05, 4.69) is 5.32 Å². The first-order valence-electron chi connectivity index (χ1n) is 5.77. The van der Waals surface area contributed by atoms with Crippen molar-refractivity contribution in [1.82, 2.24) is 0 Å². The van der Waals surface area contributed by atoms with Crippen molar-refractivity contribution in [1.29, 1.82) is 0 Å². The summed E-state index contributed by atoms with van der Waals surface area (Å²) in [6, 6.07) is 3.20. The Labute approximate surface area is 109 Å². The van der Waals surface area contributed by atoms with Gasteiger partial charge in [0.05, 0.1) is 11.1 Å². The van der Waals surface area contributed by atoms with Crippen molar-refractivity contribution in [2.24, 2.45) is 11.5 Å². The number of nitrogens with one attached hydrogen (secondary N) is 1. The molecule has 1 atom stereocenters. The standard InChI is InChI=1S/C12H16F3N3O/c1-2-7(6-16)18-8-3-4-9(11(17)19)10(5-8)12(13,14)15/h3-5,7,18H,2,6,16H2,1H3,(H2,17,19). The van der Waals surface area contributed by atoms with Crippen LogP contribution in [0.3, 0.4) is 0 Å². The number of amides is 1. The third kappa shape index (κ3) is 3.85. The van der Waals surface area contributed by atoms with E-state index in [1.54, 1.807) is 0 Å². The van der Waals surface area contributed by atoms with Gasteiger partial charge < -0.3 is 16.8 Å². The first-order valence-corrected chi connectivity index (χ1v) is 5.77. The minimum absolute atomic E-state index is 0.125. The molecule has 0 aliphatic carbocycles. The molecule has 0 bridgehead atoms. The van der Waals surface area contributed by atoms with Crippen LogP contribution in [0.15, 0.2) is 18.2 Å². The van der Waals surface area contributed by atoms with E-state index in [4.69, 9.17) is 11.5 Å². The van der Waals surface area contributed by atoms with Crippen molar-refractivity contribution in [3.63, 3.8) is 0 Å². The van der Waals surface area contributed by atoms with Crippen LogP contribution in [-0.4, -0.2) is 18.5 Å². The van der Waals surface area contributed by atoms with Crippen LogP contribution in [0.4, 0.5) is 18.9 Å². The third-order valence-corrected chi connectivity index (χ3v) is 2.74. The van der Waals surface area contributed by atoms with Gasteiger partial charge in [-0.25, -0.2) is 0 Å². The Morgan fingerprint density at radius 2 is 2.05 bits per heavy atom. The van der Waals surface area contributed by atoms with Gasteiger partial charge in [0, 0.05) is 18.3 Å². The molecule has 0 fully saturated rings. The van der Waals surface area contributed by atoms with Crippen LogP contribution in [0.1, 0.15) is 29.3 Å². The van der Waals surface area contributed by atoms with Gasteiger partial charge in [0.15, 0.2) is 0 Å². The molecule has 1 rings (SSSR count). The second-order valence-corrected chi connectivity index (χ2v) is 4.11. The maximum atomic E-state index is 12.8. The van der Waals surface area contributed by atoms with E-state index in [0.717, 1.165) is 12.1 Å². The number of benzene rings is 1. The van der Waals surface area contributed by atoms with Gasteiger partial charge in [-0.1, -0.05) is 6.92 Å². The van der Waals surface area contributed by atoms with Crippen molar-refractivity contribution < 1.29 is 18.0 Å². The van der Waals surface area contributed by atoms with Crippen LogP contribution in [0.5, 0.6) is 0 Å². The summed E-state index contributed by atoms with van der Waals surface area (Å²) < 4.78 is 38.5. The molecule has 1 aromatic carbocycles. The normalized spacial score (nSPS) is 13.1. The number of alkyl halides is 3. The Morgan fingerprint density at radius 1 is 1.42 bits per heavy atom. The Balaban J connectivity index is 3.15. The number of halogens is 3. The fourth-order valence-corrected chi connectivity index (χ4v) is 1.65. The summed E-state index contributed by atoms with van der Waals surface area (Å²) >= 11 is 0. The van der Waals surface area contributed by atoms with Crippen LogP contribution >= 0.6 is 0 Å². The highest BCUT2D eigenvalue weighted by atomic mass is 19.4. The molecule has 0 radical (unpaired) electrons. The Morgan fingerprint density at radius 3 is 2.47 bits per heavy atom. The van der Waals surface area contributed by atoms with Crippen molar-refractivity contribution in [3.8, 4) is 0 Å². The molecule has 0 aliphatic rings. The molecule has 0 spiro atoms. The Kier molecular flexibility index (Phi) is 4.77. The molecular formula is C12H16F3N3O. The van der Waals surface area contributed by atoms with Gasteiger partial charge in [-0.3, -0.25) is 4.79 Å². The van der Waals surface area contributed by atoms with E-state index in [-0.39, 0.29) is 11.7 Å². The summed E-state index contributed by atoms with van der Waals surface area (Å²) in [7, 11) is 0. The van der Waals surface area contributed by atoms with Crippen LogP contribution < -0.4 is 16.8 Å². The van der Waals surface area contributed by atoms with E-state index in [0.29, 0.717) is 13.0 Å². The Bertz CT molecular complexity index is 456. The SMILES string of the molecule is CCC(CN)Nc1ccc(C(N)=O)c(C(F)(F)F)c1. The largest absolute Gasteiger partial charge is 0.417 e. The monoisotopic (exact) mass is 275 g/mol. The molecule has 1 aromatic rings. The number of hydrogen-bond acceptors (Lipinski definition) is 3. The number of hydrogen-bond donors (Lipinski definition) is 3. The number of carbonyl (C=O) groups is 1. The zero-order valence-corrected chi connectivity index (χ0v) is 10.4. The van der Waals surface area contributed by atoms with Gasteiger partial charge in [0.25, 0.3) is 0 Å². The molecule has 0 aromatic heterocycles. The van der Waals surface area contributed by atoms with E-state index >= 15 is 0 Å². The van der Waals surface area contributed by atoms with Crippen LogP contribution in [0, 0.1) is 0 Å². The lowest BCUT2D eigenvalue weighted by atomic mass is 10.0. The number of primary amides is 1. The van der Waals surface area contributed by atoms with Crippen molar-refractivity contribution in [2.45, 2.75) is 25.6 Å². The van der Waals surface area contributed by atoms with Crippen molar-refractivity contribution >= 4 is 11.6 Å². The molecule has 7 heteroatoms. The average molecular weight is 275 g/mol. The number of carbonyl (C=O) groups excluding carboxylic acids is 1. The summed E-state index contributed by atoms with van der Waals surface area (Å²) in [6.07, 6.45) is -3.96. The minimum Gasteiger partial charge on any atom is -0.381 e. The molecule has 0 aliphatic heterocycles. The van der Waals surface area contributed by atoms with Crippen LogP contribution in [-0.2, 0) is 6.18 Å². The highest BCUT2D eigenvalue weighted by Gasteiger charge is 2.35. The van der Waals surface area contributed by atoms with E-state index in [1.165, 1.54) is 6.07 Å². The smallest absolute Gasteiger partial charge is 0.381 e. The maximum absolute atomic E-state index is 12.8. The summed E-state index contributed by atoms with van der Waals surface area (Å²) in [5.74, 6) is -1.11. The number of rotatable bonds is 5. The molecule has 1 amide bonds. The molecule has 0 saturated heterocycles. The molecule has 5 N–H and O–H groups in total. The van der Waals surface area contributed by atoms with E-state index < -0.39 is 23.2 Å². The predicted octanol–water partition coefficient (Wildman–Crippen LogP) is 1.95. The molecule has 1 unspecified atom stereocenters. The second-order valence-electron chi connectivity index (χ2n) is 4.11. The first kappa shape index (κ1) is 15.3. The highest BCUT2D eigenvalue weighted by molar-refractivity contribution is 5.95. The molecule has 106 valence electrons. The molecule has 0 heterocycles. The summed E-state index contributed by atoms with van der Waals surface area (Å²) in [5.41, 5.74) is 9.08. The number of anilines is 1. The van der Waals surface area contributed by atoms with Gasteiger partial charge in [-0.15, -0.1) is 0 Å². The maximum Gasteiger partial charge on any atom is 0.417 e. The zero-order valence-electron chi connectivity index (χ0n) is 10.4. The lowest BCUT2D eigenvalue weighted by molar-refractivity contribution is -0.137. The van der Waals surface area contributed by atoms with Gasteiger partial charge in [0.2, 0.25) is 5.91 Å². The lowest BCUT2D eigenvalue weighted by Crippen LogP contribution is -2.28. The summed E-state index contributed by atoms with van der Waals surface area (Å²) in [4.78, 5) is 11.0. The summed E-state index contributed by atoms with van der Waals surface area (Å²) in [5, 5.41) is 2.88. The highest BCUT2D eigenvalue weighted by Crippen LogP contribution is 2.33. The zero-order chi connectivity index (χ0) is 14.6. The fourth-order valence-electron chi connectivity index (χ4n) is 1.65. The predicted molar refractivity (Wildman–Crippen MR) is 66.7 cm³/mol. The second kappa shape index (κ2) is 5.92. The van der Waals surface area contributed by atoms with Crippen molar-refractivity contribution in [3.05, 3.63) is 29.3 Å². The topological polar surface area (TPSA) is 81.1 Å². The van der Waals surface area contributed by atoms with E-state index in [1.807, 2.05) is 6.92 Å². The average Bonchev–Trinajstić information content (AvgIpc) is 2.34. The molecule has 0 saturated carbocycles. The molecule has 19 heavy (non-hydrogen) atoms. The minimum atomic E-state index is -4.63. The van der Waals surface area contributed by atoms with Crippen molar-refractivity contribution in [2.75, 3.05) is 11.9 Å². The first-order chi connectivity index (χ1) is 8.79. The fraction of sp³-hybridized carbons (Fsp3) is 0.417. The summed E-state index contributed by atoms with van der Waals surface area (Å²) in [6.45, 7) is 2.17. The Hall–Kier alpha value is -1.76. The van der Waals surface area contributed by atoms with Crippen LogP contribution in [0.2, 0.25) is 0 Å². The van der Waals surface area contributed by atoms with Gasteiger partial charge in [-0.2, -0.15) is 13.2 Å². The number of nitrogens with two attached hydrogens (primary N) is 2. The van der Waals surface area contributed by atoms with E-state index in [9.17, 15) is 18.0 Å². The van der Waals surface area contributed by atoms with Gasteiger partial charge in [-0.05, 0) is 24.6 Å². The van der Waals surface area contributed by atoms with Crippen LogP contribution in [0.25, 0.3) is 0 Å². The molecule has 4 nitrogen and oxygen atoms in total. The van der Waals surface area contributed by atoms with Gasteiger partial charge >= 0.3 is 6.18 Å². The van der Waals surface area contributed by atoms with Gasteiger partial charge in [0.1, 0.15) is 0 Å². The third-order valence-electron chi connectivity index (χ3n) is 2.74. The molecular weight excluding hydrogens is 259 g/mol.